The van der Waals surface area contributed by atoms with Gasteiger partial charge in [0.25, 0.3) is 0 Å². The SMILES string of the molecule is CCCCCCN(C)C(=O)[C@H]1NCCC1O. The molecule has 1 aliphatic heterocycles. The van der Waals surface area contributed by atoms with E-state index in [4.69, 9.17) is 0 Å². The van der Waals surface area contributed by atoms with Crippen LogP contribution in [0.25, 0.3) is 0 Å². The Morgan fingerprint density at radius 1 is 1.44 bits per heavy atom. The third kappa shape index (κ3) is 3.76. The molecule has 0 bridgehead atoms. The molecule has 1 heterocycles. The van der Waals surface area contributed by atoms with Crippen LogP contribution in [0.2, 0.25) is 0 Å². The molecule has 1 rings (SSSR count). The second kappa shape index (κ2) is 6.86. The van der Waals surface area contributed by atoms with Gasteiger partial charge in [-0.25, -0.2) is 0 Å². The minimum absolute atomic E-state index is 0.0292. The van der Waals surface area contributed by atoms with Crippen LogP contribution >= 0.6 is 0 Å². The van der Waals surface area contributed by atoms with Gasteiger partial charge in [0.15, 0.2) is 0 Å². The van der Waals surface area contributed by atoms with Gasteiger partial charge in [-0.2, -0.15) is 0 Å². The smallest absolute Gasteiger partial charge is 0.242 e. The van der Waals surface area contributed by atoms with Crippen molar-refractivity contribution < 1.29 is 9.90 Å². The number of aliphatic hydroxyl groups excluding tert-OH is 1. The lowest BCUT2D eigenvalue weighted by atomic mass is 10.1. The fraction of sp³-hybridized carbons (Fsp3) is 0.917. The van der Waals surface area contributed by atoms with Crippen LogP contribution in [-0.4, -0.2) is 48.2 Å². The van der Waals surface area contributed by atoms with Crippen molar-refractivity contribution in [1.82, 2.24) is 10.2 Å². The standard InChI is InChI=1S/C12H24N2O2/c1-3-4-5-6-9-14(2)12(16)11-10(15)7-8-13-11/h10-11,13,15H,3-9H2,1-2H3/t10?,11-/m0/s1. The Labute approximate surface area is 98.0 Å². The van der Waals surface area contributed by atoms with Crippen LogP contribution < -0.4 is 5.32 Å². The number of unbranched alkanes of at least 4 members (excludes halogenated alkanes) is 3. The summed E-state index contributed by atoms with van der Waals surface area (Å²) < 4.78 is 0. The number of likely N-dealkylation sites (N-methyl/N-ethyl adjacent to an activating group) is 1. The van der Waals surface area contributed by atoms with Crippen LogP contribution in [-0.2, 0) is 4.79 Å². The van der Waals surface area contributed by atoms with Gasteiger partial charge in [-0.05, 0) is 19.4 Å². The summed E-state index contributed by atoms with van der Waals surface area (Å²) in [6.07, 6.45) is 4.84. The largest absolute Gasteiger partial charge is 0.391 e. The summed E-state index contributed by atoms with van der Waals surface area (Å²) in [5.74, 6) is 0.0292. The molecule has 0 aromatic heterocycles. The Hall–Kier alpha value is -0.610. The van der Waals surface area contributed by atoms with Gasteiger partial charge in [-0.1, -0.05) is 26.2 Å². The first-order chi connectivity index (χ1) is 7.66. The molecule has 1 fully saturated rings. The molecular weight excluding hydrogens is 204 g/mol. The Bertz CT molecular complexity index is 221. The normalized spacial score (nSPS) is 24.7. The summed E-state index contributed by atoms with van der Waals surface area (Å²) in [7, 11) is 1.82. The van der Waals surface area contributed by atoms with E-state index in [-0.39, 0.29) is 11.9 Å². The van der Waals surface area contributed by atoms with E-state index >= 15 is 0 Å². The summed E-state index contributed by atoms with van der Waals surface area (Å²) in [5.41, 5.74) is 0. The predicted octanol–water partition coefficient (Wildman–Crippen LogP) is 0.748. The van der Waals surface area contributed by atoms with Crippen molar-refractivity contribution in [1.29, 1.82) is 0 Å². The number of rotatable bonds is 6. The Morgan fingerprint density at radius 2 is 2.19 bits per heavy atom. The zero-order valence-electron chi connectivity index (χ0n) is 10.4. The Kier molecular flexibility index (Phi) is 5.77. The molecule has 94 valence electrons. The number of aliphatic hydroxyl groups is 1. The molecular formula is C12H24N2O2. The van der Waals surface area contributed by atoms with Crippen LogP contribution in [0.4, 0.5) is 0 Å². The molecule has 1 aliphatic rings. The van der Waals surface area contributed by atoms with Crippen molar-refractivity contribution in [2.24, 2.45) is 0 Å². The highest BCUT2D eigenvalue weighted by atomic mass is 16.3. The summed E-state index contributed by atoms with van der Waals surface area (Å²) in [6, 6.07) is -0.379. The average Bonchev–Trinajstić information content (AvgIpc) is 2.69. The van der Waals surface area contributed by atoms with Gasteiger partial charge < -0.3 is 15.3 Å². The molecule has 0 spiro atoms. The average molecular weight is 228 g/mol. The lowest BCUT2D eigenvalue weighted by Crippen LogP contribution is -2.46. The summed E-state index contributed by atoms with van der Waals surface area (Å²) in [5, 5.41) is 12.7. The molecule has 0 aromatic rings. The highest BCUT2D eigenvalue weighted by Gasteiger charge is 2.32. The summed E-state index contributed by atoms with van der Waals surface area (Å²) in [4.78, 5) is 13.7. The predicted molar refractivity (Wildman–Crippen MR) is 64.2 cm³/mol. The maximum absolute atomic E-state index is 11.9. The lowest BCUT2D eigenvalue weighted by Gasteiger charge is -2.22. The molecule has 0 aromatic carbocycles. The van der Waals surface area contributed by atoms with Crippen molar-refractivity contribution in [2.45, 2.75) is 51.2 Å². The van der Waals surface area contributed by atoms with E-state index in [1.165, 1.54) is 19.3 Å². The van der Waals surface area contributed by atoms with Crippen LogP contribution in [0, 0.1) is 0 Å². The van der Waals surface area contributed by atoms with Crippen molar-refractivity contribution in [3.05, 3.63) is 0 Å². The molecule has 1 unspecified atom stereocenters. The monoisotopic (exact) mass is 228 g/mol. The topological polar surface area (TPSA) is 52.6 Å². The molecule has 2 N–H and O–H groups in total. The van der Waals surface area contributed by atoms with Gasteiger partial charge in [0.1, 0.15) is 6.04 Å². The van der Waals surface area contributed by atoms with Gasteiger partial charge in [0.2, 0.25) is 5.91 Å². The van der Waals surface area contributed by atoms with Crippen molar-refractivity contribution in [3.63, 3.8) is 0 Å². The maximum Gasteiger partial charge on any atom is 0.242 e. The van der Waals surface area contributed by atoms with E-state index in [9.17, 15) is 9.90 Å². The quantitative estimate of drug-likeness (QED) is 0.660. The van der Waals surface area contributed by atoms with Crippen LogP contribution in [0.15, 0.2) is 0 Å². The molecule has 0 aliphatic carbocycles. The van der Waals surface area contributed by atoms with Gasteiger partial charge >= 0.3 is 0 Å². The van der Waals surface area contributed by atoms with E-state index < -0.39 is 6.10 Å². The van der Waals surface area contributed by atoms with Crippen LogP contribution in [0.5, 0.6) is 0 Å². The first kappa shape index (κ1) is 13.5. The molecule has 1 saturated heterocycles. The zero-order valence-corrected chi connectivity index (χ0v) is 10.4. The van der Waals surface area contributed by atoms with Gasteiger partial charge in [0.05, 0.1) is 6.10 Å². The molecule has 16 heavy (non-hydrogen) atoms. The minimum Gasteiger partial charge on any atom is -0.391 e. The molecule has 0 saturated carbocycles. The lowest BCUT2D eigenvalue weighted by molar-refractivity contribution is -0.133. The fourth-order valence-corrected chi connectivity index (χ4v) is 2.06. The van der Waals surface area contributed by atoms with Crippen LogP contribution in [0.3, 0.4) is 0 Å². The number of amides is 1. The second-order valence-corrected chi connectivity index (χ2v) is 4.61. The zero-order chi connectivity index (χ0) is 12.0. The number of hydrogen-bond acceptors (Lipinski definition) is 3. The van der Waals surface area contributed by atoms with Gasteiger partial charge in [-0.15, -0.1) is 0 Å². The third-order valence-corrected chi connectivity index (χ3v) is 3.18. The number of hydrogen-bond donors (Lipinski definition) is 2. The van der Waals surface area contributed by atoms with Crippen molar-refractivity contribution in [2.75, 3.05) is 20.1 Å². The van der Waals surface area contributed by atoms with E-state index in [0.717, 1.165) is 19.5 Å². The van der Waals surface area contributed by atoms with Crippen molar-refractivity contribution in [3.8, 4) is 0 Å². The number of nitrogens with zero attached hydrogens (tertiary/aromatic N) is 1. The first-order valence-electron chi connectivity index (χ1n) is 6.33. The number of carbonyl (C=O) groups is 1. The summed E-state index contributed by atoms with van der Waals surface area (Å²) >= 11 is 0. The highest BCUT2D eigenvalue weighted by Crippen LogP contribution is 2.10. The van der Waals surface area contributed by atoms with Crippen molar-refractivity contribution >= 4 is 5.91 Å². The molecule has 4 heteroatoms. The summed E-state index contributed by atoms with van der Waals surface area (Å²) in [6.45, 7) is 3.71. The Balaban J connectivity index is 2.24. The fourth-order valence-electron chi connectivity index (χ4n) is 2.06. The van der Waals surface area contributed by atoms with E-state index in [1.807, 2.05) is 7.05 Å². The molecule has 2 atom stereocenters. The molecule has 1 amide bonds. The number of carbonyl (C=O) groups excluding carboxylic acids is 1. The second-order valence-electron chi connectivity index (χ2n) is 4.61. The number of nitrogens with one attached hydrogen (secondary N) is 1. The third-order valence-electron chi connectivity index (χ3n) is 3.18. The maximum atomic E-state index is 11.9. The van der Waals surface area contributed by atoms with Gasteiger partial charge in [-0.3, -0.25) is 4.79 Å². The van der Waals surface area contributed by atoms with E-state index in [1.54, 1.807) is 4.90 Å². The molecule has 0 radical (unpaired) electrons. The Morgan fingerprint density at radius 3 is 2.75 bits per heavy atom. The molecule has 4 nitrogen and oxygen atoms in total. The van der Waals surface area contributed by atoms with Gasteiger partial charge in [0, 0.05) is 13.6 Å². The van der Waals surface area contributed by atoms with Crippen LogP contribution in [0.1, 0.15) is 39.0 Å². The van der Waals surface area contributed by atoms with E-state index in [0.29, 0.717) is 6.42 Å². The highest BCUT2D eigenvalue weighted by molar-refractivity contribution is 5.82. The first-order valence-corrected chi connectivity index (χ1v) is 6.33. The van der Waals surface area contributed by atoms with E-state index in [2.05, 4.69) is 12.2 Å². The minimum atomic E-state index is -0.509.